The number of anilines is 6. The van der Waals surface area contributed by atoms with Crippen LogP contribution in [0.4, 0.5) is 34.1 Å². The summed E-state index contributed by atoms with van der Waals surface area (Å²) >= 11 is 7.10. The summed E-state index contributed by atoms with van der Waals surface area (Å²) in [6, 6.07) is 42.1. The van der Waals surface area contributed by atoms with E-state index in [-0.39, 0.29) is 22.7 Å². The number of benzene rings is 11. The van der Waals surface area contributed by atoms with Crippen LogP contribution in [-0.4, -0.2) is 0 Å². The van der Waals surface area contributed by atoms with Crippen molar-refractivity contribution in [1.82, 2.24) is 0 Å². The fourth-order valence-corrected chi connectivity index (χ4v) is 10.0. The minimum atomic E-state index is -0.838. The lowest BCUT2D eigenvalue weighted by Gasteiger charge is -2.36. The van der Waals surface area contributed by atoms with E-state index in [1.807, 2.05) is 166 Å². The van der Waals surface area contributed by atoms with Gasteiger partial charge in [-0.1, -0.05) is 238 Å². The second-order valence-corrected chi connectivity index (χ2v) is 23.6. The van der Waals surface area contributed by atoms with Crippen molar-refractivity contribution in [2.45, 2.75) is 78.6 Å². The monoisotopic (exact) mass is 1120 g/mol. The molecule has 0 N–H and O–H groups in total. The number of rotatable bonds is 14. The topological polar surface area (TPSA) is 24.9 Å². The van der Waals surface area contributed by atoms with Crippen LogP contribution >= 0.6 is 11.6 Å². The molecule has 0 aliphatic heterocycles. The van der Waals surface area contributed by atoms with Crippen LogP contribution in [0.1, 0.15) is 101 Å². The summed E-state index contributed by atoms with van der Waals surface area (Å²) in [5.74, 6) is -2.53. The molecule has 11 aromatic carbocycles. The molecule has 0 aliphatic carbocycles. The highest BCUT2D eigenvalue weighted by Crippen LogP contribution is 2.54. The molecule has 0 spiro atoms. The Morgan fingerprint density at radius 3 is 1.01 bits per heavy atom. The van der Waals surface area contributed by atoms with Crippen molar-refractivity contribution in [3.63, 3.8) is 0 Å². The van der Waals surface area contributed by atoms with Gasteiger partial charge < -0.3 is 19.3 Å². The van der Waals surface area contributed by atoms with Crippen LogP contribution in [0.5, 0.6) is 23.0 Å². The molecule has 0 aromatic heterocycles. The third-order valence-electron chi connectivity index (χ3n) is 14.2. The Hall–Kier alpha value is -9.09. The number of halogens is 1. The molecule has 0 saturated heterocycles. The zero-order valence-corrected chi connectivity index (χ0v) is 48.5. The second kappa shape index (κ2) is 23.4. The van der Waals surface area contributed by atoms with Gasteiger partial charge in [0.05, 0.1) is 39.0 Å². The molecule has 0 radical (unpaired) electrons. The molecular formula is C78H71ClN2O2. The van der Waals surface area contributed by atoms with Crippen molar-refractivity contribution in [2.24, 2.45) is 0 Å². The molecule has 0 atom stereocenters. The predicted molar refractivity (Wildman–Crippen MR) is 352 cm³/mol. The Balaban J connectivity index is 1.41. The van der Waals surface area contributed by atoms with E-state index in [9.17, 15) is 6.85 Å². The molecule has 0 fully saturated rings. The quantitative estimate of drug-likeness (QED) is 0.108. The maximum atomic E-state index is 10.8. The highest BCUT2D eigenvalue weighted by Gasteiger charge is 2.32. The molecule has 11 aromatic rings. The van der Waals surface area contributed by atoms with Gasteiger partial charge in [-0.05, 0) is 140 Å². The fourth-order valence-electron chi connectivity index (χ4n) is 9.89. The van der Waals surface area contributed by atoms with Gasteiger partial charge in [-0.15, -0.1) is 0 Å². The first-order valence-electron chi connectivity index (χ1n) is 35.4. The number of hydrogen-bond acceptors (Lipinski definition) is 4. The van der Waals surface area contributed by atoms with Crippen LogP contribution in [-0.2, 0) is 16.2 Å². The lowest BCUT2D eigenvalue weighted by molar-refractivity contribution is 0.460. The third-order valence-corrected chi connectivity index (χ3v) is 14.4. The average Bonchev–Trinajstić information content (AvgIpc) is 0.728. The van der Waals surface area contributed by atoms with Crippen LogP contribution in [0.3, 0.4) is 0 Å². The molecule has 412 valence electrons. The highest BCUT2D eigenvalue weighted by atomic mass is 35.5. The summed E-state index contributed by atoms with van der Waals surface area (Å²) in [6.07, 6.45) is 0. The zero-order chi connectivity index (χ0) is 71.8. The Kier molecular flexibility index (Phi) is 11.1. The Bertz CT molecular complexity index is 4700. The Morgan fingerprint density at radius 2 is 0.663 bits per heavy atom. The van der Waals surface area contributed by atoms with Crippen LogP contribution in [0.15, 0.2) is 267 Å². The van der Waals surface area contributed by atoms with Crippen LogP contribution < -0.4 is 19.3 Å². The summed E-state index contributed by atoms with van der Waals surface area (Å²) in [4.78, 5) is 3.40. The van der Waals surface area contributed by atoms with Gasteiger partial charge in [0.15, 0.2) is 0 Å². The molecule has 4 nitrogen and oxygen atoms in total. The normalized spacial score (nSPS) is 14.4. The van der Waals surface area contributed by atoms with Gasteiger partial charge >= 0.3 is 0 Å². The van der Waals surface area contributed by atoms with E-state index in [0.29, 0.717) is 50.3 Å². The van der Waals surface area contributed by atoms with E-state index < -0.39 is 141 Å². The Labute approximate surface area is 519 Å². The molecule has 0 bridgehead atoms. The van der Waals surface area contributed by atoms with E-state index in [0.717, 1.165) is 28.3 Å². The van der Waals surface area contributed by atoms with E-state index in [1.54, 1.807) is 15.9 Å². The predicted octanol–water partition coefficient (Wildman–Crippen LogP) is 23.4. The molecule has 0 unspecified atom stereocenters. The lowest BCUT2D eigenvalue weighted by Crippen LogP contribution is -2.20. The van der Waals surface area contributed by atoms with Gasteiger partial charge in [0.25, 0.3) is 0 Å². The number of nitrogens with zero attached hydrogens (tertiary/aromatic N) is 2. The minimum absolute atomic E-state index is 0.169. The molecule has 5 heteroatoms. The smallest absolute Gasteiger partial charge is 0.133 e. The van der Waals surface area contributed by atoms with Gasteiger partial charge in [-0.2, -0.15) is 0 Å². The van der Waals surface area contributed by atoms with Crippen molar-refractivity contribution in [3.8, 4) is 67.5 Å². The summed E-state index contributed by atoms with van der Waals surface area (Å²) in [6.45, 7) is 18.5. The van der Waals surface area contributed by atoms with E-state index in [4.69, 9.17) is 36.2 Å². The summed E-state index contributed by atoms with van der Waals surface area (Å²) in [5, 5.41) is -0.391. The van der Waals surface area contributed by atoms with Crippen LogP contribution in [0.25, 0.3) is 44.5 Å². The fraction of sp³-hybridized carbons (Fsp3) is 0.154. The third kappa shape index (κ3) is 12.6. The highest BCUT2D eigenvalue weighted by molar-refractivity contribution is 6.31. The van der Waals surface area contributed by atoms with Crippen molar-refractivity contribution in [1.29, 1.82) is 0 Å². The second-order valence-electron chi connectivity index (χ2n) is 23.2. The summed E-state index contributed by atoms with van der Waals surface area (Å²) < 4.78 is 162. The molecule has 0 saturated carbocycles. The zero-order valence-electron chi connectivity index (χ0n) is 63.8. The van der Waals surface area contributed by atoms with Gasteiger partial charge in [0, 0.05) is 62.5 Å². The molecular weight excluding hydrogens is 1030 g/mol. The average molecular weight is 1120 g/mol. The van der Waals surface area contributed by atoms with Gasteiger partial charge in [-0.25, -0.2) is 0 Å². The SMILES string of the molecule is [2H]c1c([2H])c([2H])c(Oc2cc(Oc3c([2H])c([2H])c([2H])c([2H])c3[2H])c([2H])c(N(c3cc(N(c4c(-c5ccccc5)cc(C(C)(C)C)cc4-c4ccccc4)c4c([2H])c([2H])c([2H])c(Cl)c4[2H])cc(C(C)(C)C)c3)c3c(-c4ccccc4)cc(C(C)(C)C)cc3-c3ccccc3)c2[2H])c([2H])c1[2H]. The number of hydrogen-bond donors (Lipinski definition) is 0. The van der Waals surface area contributed by atoms with E-state index >= 15 is 0 Å². The largest absolute Gasteiger partial charge is 0.457 e. The first kappa shape index (κ1) is 39.4. The number of para-hydroxylation sites is 2. The standard InChI is InChI=1S/C78H71ClN2O2/c1-76(2,3)58-43-63(80(62-38-28-37-61(79)49-62)74-70(54-29-16-10-17-30-54)45-59(77(4,5)6)46-71(74)55-31-18-11-19-32-55)50-64(44-58)81(65-51-68(82-66-39-24-14-25-40-66)53-69(52-65)83-67-41-26-15-27-42-67)75-72(56-33-20-12-21-34-56)47-60(78(7,8)9)48-73(75)57-35-22-13-23-36-57/h10-53H,1-9H3/i14D,15D,24D,25D,26D,27D,28D,37D,38D,39D,40D,41D,42D,49D,51D,52D. The Morgan fingerprint density at radius 1 is 0.325 bits per heavy atom. The lowest BCUT2D eigenvalue weighted by atomic mass is 9.81. The summed E-state index contributed by atoms with van der Waals surface area (Å²) in [5.41, 5.74) is 6.44. The molecule has 0 heterocycles. The van der Waals surface area contributed by atoms with Gasteiger partial charge in [0.2, 0.25) is 0 Å². The first-order valence-corrected chi connectivity index (χ1v) is 27.7. The van der Waals surface area contributed by atoms with Crippen LogP contribution in [0, 0.1) is 0 Å². The van der Waals surface area contributed by atoms with E-state index in [2.05, 4.69) is 53.7 Å². The summed E-state index contributed by atoms with van der Waals surface area (Å²) in [7, 11) is 0. The van der Waals surface area contributed by atoms with Crippen molar-refractivity contribution in [3.05, 3.63) is 288 Å². The molecule has 0 aliphatic rings. The maximum absolute atomic E-state index is 10.8. The van der Waals surface area contributed by atoms with Gasteiger partial charge in [-0.3, -0.25) is 0 Å². The van der Waals surface area contributed by atoms with Crippen molar-refractivity contribution >= 4 is 45.7 Å². The first-order chi connectivity index (χ1) is 46.6. The minimum Gasteiger partial charge on any atom is -0.457 e. The molecule has 83 heavy (non-hydrogen) atoms. The van der Waals surface area contributed by atoms with Crippen LogP contribution in [0.2, 0.25) is 5.02 Å². The molecule has 0 amide bonds. The van der Waals surface area contributed by atoms with Gasteiger partial charge in [0.1, 0.15) is 23.0 Å². The number of ether oxygens (including phenoxy) is 2. The molecule has 11 rings (SSSR count). The van der Waals surface area contributed by atoms with E-state index in [1.165, 1.54) is 0 Å². The maximum Gasteiger partial charge on any atom is 0.133 e. The van der Waals surface area contributed by atoms with Crippen molar-refractivity contribution in [2.75, 3.05) is 9.80 Å². The van der Waals surface area contributed by atoms with Crippen molar-refractivity contribution < 1.29 is 31.4 Å².